The van der Waals surface area contributed by atoms with Crippen molar-refractivity contribution in [1.29, 1.82) is 0 Å². The van der Waals surface area contributed by atoms with Crippen LogP contribution < -0.4 is 0 Å². The first kappa shape index (κ1) is 16.9. The third-order valence-corrected chi connectivity index (χ3v) is 2.85. The maximum atomic E-state index is 10.1. The SMILES string of the molecule is CCCCOCCC(C)(O)CCOCCCC. The van der Waals surface area contributed by atoms with Crippen molar-refractivity contribution >= 4 is 0 Å². The molecule has 3 heteroatoms. The summed E-state index contributed by atoms with van der Waals surface area (Å²) in [5.74, 6) is 0. The molecule has 0 aromatic rings. The zero-order chi connectivity index (χ0) is 13.0. The average molecular weight is 246 g/mol. The van der Waals surface area contributed by atoms with Gasteiger partial charge in [0, 0.05) is 26.4 Å². The third kappa shape index (κ3) is 12.1. The molecule has 0 fully saturated rings. The van der Waals surface area contributed by atoms with Crippen LogP contribution in [0.3, 0.4) is 0 Å². The molecule has 0 aromatic carbocycles. The second kappa shape index (κ2) is 11.0. The van der Waals surface area contributed by atoms with E-state index in [0.717, 1.165) is 38.9 Å². The highest BCUT2D eigenvalue weighted by atomic mass is 16.5. The van der Waals surface area contributed by atoms with Crippen molar-refractivity contribution in [3.8, 4) is 0 Å². The van der Waals surface area contributed by atoms with E-state index in [-0.39, 0.29) is 0 Å². The first-order chi connectivity index (χ1) is 8.12. The van der Waals surface area contributed by atoms with Gasteiger partial charge in [-0.1, -0.05) is 26.7 Å². The Morgan fingerprint density at radius 2 is 1.24 bits per heavy atom. The lowest BCUT2D eigenvalue weighted by molar-refractivity contribution is -0.0145. The van der Waals surface area contributed by atoms with E-state index in [0.29, 0.717) is 26.1 Å². The molecule has 0 aromatic heterocycles. The summed E-state index contributed by atoms with van der Waals surface area (Å²) in [6, 6.07) is 0. The molecule has 1 N–H and O–H groups in total. The molecule has 0 aliphatic rings. The molecular formula is C14H30O3. The topological polar surface area (TPSA) is 38.7 Å². The fourth-order valence-corrected chi connectivity index (χ4v) is 1.41. The highest BCUT2D eigenvalue weighted by Crippen LogP contribution is 2.14. The minimum Gasteiger partial charge on any atom is -0.390 e. The Morgan fingerprint density at radius 3 is 1.59 bits per heavy atom. The van der Waals surface area contributed by atoms with Crippen LogP contribution in [0.5, 0.6) is 0 Å². The van der Waals surface area contributed by atoms with Gasteiger partial charge < -0.3 is 14.6 Å². The van der Waals surface area contributed by atoms with Crippen LogP contribution in [0.2, 0.25) is 0 Å². The monoisotopic (exact) mass is 246 g/mol. The summed E-state index contributed by atoms with van der Waals surface area (Å²) in [6.07, 6.45) is 5.88. The van der Waals surface area contributed by atoms with Crippen molar-refractivity contribution in [3.05, 3.63) is 0 Å². The first-order valence-corrected chi connectivity index (χ1v) is 7.00. The Hall–Kier alpha value is -0.120. The molecule has 0 rings (SSSR count). The molecule has 0 spiro atoms. The standard InChI is InChI=1S/C14H30O3/c1-4-6-10-16-12-8-14(3,15)9-13-17-11-7-5-2/h15H,4-13H2,1-3H3. The Morgan fingerprint density at radius 1 is 0.824 bits per heavy atom. The zero-order valence-electron chi connectivity index (χ0n) is 11.8. The van der Waals surface area contributed by atoms with Crippen molar-refractivity contribution in [2.75, 3.05) is 26.4 Å². The van der Waals surface area contributed by atoms with Crippen LogP contribution in [-0.2, 0) is 9.47 Å². The molecule has 0 radical (unpaired) electrons. The quantitative estimate of drug-likeness (QED) is 0.538. The van der Waals surface area contributed by atoms with E-state index < -0.39 is 5.60 Å². The molecule has 0 atom stereocenters. The number of aliphatic hydroxyl groups is 1. The van der Waals surface area contributed by atoms with Gasteiger partial charge in [0.1, 0.15) is 0 Å². The van der Waals surface area contributed by atoms with Crippen LogP contribution >= 0.6 is 0 Å². The number of rotatable bonds is 12. The van der Waals surface area contributed by atoms with E-state index in [4.69, 9.17) is 9.47 Å². The Labute approximate surface area is 107 Å². The minimum absolute atomic E-state index is 0.641. The molecule has 0 aliphatic heterocycles. The minimum atomic E-state index is -0.654. The molecule has 3 nitrogen and oxygen atoms in total. The largest absolute Gasteiger partial charge is 0.390 e. The summed E-state index contributed by atoms with van der Waals surface area (Å²) in [7, 11) is 0. The van der Waals surface area contributed by atoms with Gasteiger partial charge in [-0.15, -0.1) is 0 Å². The number of hydrogen-bond acceptors (Lipinski definition) is 3. The summed E-state index contributed by atoms with van der Waals surface area (Å²) < 4.78 is 10.9. The van der Waals surface area contributed by atoms with Crippen molar-refractivity contribution in [3.63, 3.8) is 0 Å². The molecule has 0 amide bonds. The molecule has 0 aliphatic carbocycles. The summed E-state index contributed by atoms with van der Waals surface area (Å²) in [6.45, 7) is 9.04. The molecule has 17 heavy (non-hydrogen) atoms. The number of ether oxygens (including phenoxy) is 2. The van der Waals surface area contributed by atoms with E-state index in [2.05, 4.69) is 13.8 Å². The fourth-order valence-electron chi connectivity index (χ4n) is 1.41. The van der Waals surface area contributed by atoms with Gasteiger partial charge in [0.2, 0.25) is 0 Å². The van der Waals surface area contributed by atoms with Crippen LogP contribution in [0.25, 0.3) is 0 Å². The lowest BCUT2D eigenvalue weighted by Crippen LogP contribution is -2.28. The Kier molecular flexibility index (Phi) is 10.9. The zero-order valence-corrected chi connectivity index (χ0v) is 11.8. The van der Waals surface area contributed by atoms with Crippen molar-refractivity contribution in [1.82, 2.24) is 0 Å². The van der Waals surface area contributed by atoms with E-state index in [1.165, 1.54) is 0 Å². The van der Waals surface area contributed by atoms with Crippen LogP contribution in [0.4, 0.5) is 0 Å². The van der Waals surface area contributed by atoms with E-state index in [1.54, 1.807) is 0 Å². The number of unbranched alkanes of at least 4 members (excludes halogenated alkanes) is 2. The van der Waals surface area contributed by atoms with Gasteiger partial charge in [0.05, 0.1) is 5.60 Å². The van der Waals surface area contributed by atoms with E-state index in [1.807, 2.05) is 6.92 Å². The average Bonchev–Trinajstić information content (AvgIpc) is 2.28. The van der Waals surface area contributed by atoms with Gasteiger partial charge >= 0.3 is 0 Å². The van der Waals surface area contributed by atoms with Crippen molar-refractivity contribution in [2.45, 2.75) is 64.9 Å². The molecule has 0 saturated heterocycles. The van der Waals surface area contributed by atoms with Gasteiger partial charge in [0.25, 0.3) is 0 Å². The Bertz CT molecular complexity index is 142. The Balaban J connectivity index is 3.38. The molecule has 0 heterocycles. The van der Waals surface area contributed by atoms with Gasteiger partial charge in [-0.05, 0) is 32.6 Å². The van der Waals surface area contributed by atoms with Crippen LogP contribution in [0, 0.1) is 0 Å². The lowest BCUT2D eigenvalue weighted by Gasteiger charge is -2.23. The van der Waals surface area contributed by atoms with Gasteiger partial charge in [-0.3, -0.25) is 0 Å². The van der Waals surface area contributed by atoms with Crippen LogP contribution in [-0.4, -0.2) is 37.1 Å². The first-order valence-electron chi connectivity index (χ1n) is 7.00. The second-order valence-corrected chi connectivity index (χ2v) is 4.93. The third-order valence-electron chi connectivity index (χ3n) is 2.85. The van der Waals surface area contributed by atoms with Gasteiger partial charge in [-0.2, -0.15) is 0 Å². The van der Waals surface area contributed by atoms with Crippen molar-refractivity contribution in [2.24, 2.45) is 0 Å². The van der Waals surface area contributed by atoms with E-state index in [9.17, 15) is 5.11 Å². The highest BCUT2D eigenvalue weighted by Gasteiger charge is 2.19. The normalized spacial score (nSPS) is 12.0. The fraction of sp³-hybridized carbons (Fsp3) is 1.00. The van der Waals surface area contributed by atoms with Gasteiger partial charge in [0.15, 0.2) is 0 Å². The molecule has 0 bridgehead atoms. The highest BCUT2D eigenvalue weighted by molar-refractivity contribution is 4.71. The summed E-state index contributed by atoms with van der Waals surface area (Å²) >= 11 is 0. The predicted molar refractivity (Wildman–Crippen MR) is 71.3 cm³/mol. The molecular weight excluding hydrogens is 216 g/mol. The smallest absolute Gasteiger partial charge is 0.0663 e. The van der Waals surface area contributed by atoms with Crippen molar-refractivity contribution < 1.29 is 14.6 Å². The van der Waals surface area contributed by atoms with Gasteiger partial charge in [-0.25, -0.2) is 0 Å². The summed E-state index contributed by atoms with van der Waals surface area (Å²) in [4.78, 5) is 0. The summed E-state index contributed by atoms with van der Waals surface area (Å²) in [5, 5.41) is 10.1. The summed E-state index contributed by atoms with van der Waals surface area (Å²) in [5.41, 5.74) is -0.654. The maximum absolute atomic E-state index is 10.1. The van der Waals surface area contributed by atoms with Crippen LogP contribution in [0.15, 0.2) is 0 Å². The van der Waals surface area contributed by atoms with E-state index >= 15 is 0 Å². The molecule has 104 valence electrons. The molecule has 0 unspecified atom stereocenters. The second-order valence-electron chi connectivity index (χ2n) is 4.93. The van der Waals surface area contributed by atoms with Crippen LogP contribution in [0.1, 0.15) is 59.3 Å². The predicted octanol–water partition coefficient (Wildman–Crippen LogP) is 3.15. The number of hydrogen-bond donors (Lipinski definition) is 1. The maximum Gasteiger partial charge on any atom is 0.0663 e. The molecule has 0 saturated carbocycles. The lowest BCUT2D eigenvalue weighted by atomic mass is 9.99.